The number of thiophene rings is 1. The Labute approximate surface area is 87.5 Å². The normalized spacial score (nSPS) is 10.7. The number of fused-ring (bicyclic) bond motifs is 1. The van der Waals surface area contributed by atoms with Gasteiger partial charge in [0, 0.05) is 10.1 Å². The van der Waals surface area contributed by atoms with Crippen LogP contribution in [-0.4, -0.2) is 11.1 Å². The first-order valence-corrected chi connectivity index (χ1v) is 4.89. The average molecular weight is 231 g/mol. The zero-order valence-electron chi connectivity index (χ0n) is 6.75. The fraction of sp³-hybridized carbons (Fsp3) is 0. The zero-order valence-corrected chi connectivity index (χ0v) is 8.32. The molecule has 0 aliphatic rings. The van der Waals surface area contributed by atoms with E-state index in [1.165, 1.54) is 18.2 Å². The number of hydrogen-bond donors (Lipinski definition) is 1. The lowest BCUT2D eigenvalue weighted by atomic mass is 10.2. The molecule has 2 aromatic rings. The van der Waals surface area contributed by atoms with Gasteiger partial charge in [0.05, 0.1) is 5.02 Å². The Balaban J connectivity index is 2.76. The first-order valence-electron chi connectivity index (χ1n) is 3.70. The van der Waals surface area contributed by atoms with Gasteiger partial charge in [-0.1, -0.05) is 11.6 Å². The summed E-state index contributed by atoms with van der Waals surface area (Å²) in [6, 6.07) is 3.89. The highest BCUT2D eigenvalue weighted by Crippen LogP contribution is 2.32. The van der Waals surface area contributed by atoms with Gasteiger partial charge in [0.25, 0.3) is 0 Å². The molecule has 0 saturated heterocycles. The van der Waals surface area contributed by atoms with Gasteiger partial charge < -0.3 is 5.11 Å². The number of aromatic carboxylic acids is 1. The van der Waals surface area contributed by atoms with E-state index in [0.717, 1.165) is 11.3 Å². The molecule has 1 heterocycles. The second-order valence-corrected chi connectivity index (χ2v) is 4.21. The lowest BCUT2D eigenvalue weighted by Crippen LogP contribution is -1.89. The fourth-order valence-corrected chi connectivity index (χ4v) is 2.44. The molecule has 1 aromatic carbocycles. The Morgan fingerprint density at radius 2 is 2.14 bits per heavy atom. The maximum Gasteiger partial charge on any atom is 0.345 e. The summed E-state index contributed by atoms with van der Waals surface area (Å²) in [5.74, 6) is -1.48. The predicted octanol–water partition coefficient (Wildman–Crippen LogP) is 3.39. The van der Waals surface area contributed by atoms with Gasteiger partial charge in [-0.2, -0.15) is 0 Å². The van der Waals surface area contributed by atoms with Gasteiger partial charge in [-0.25, -0.2) is 9.18 Å². The van der Waals surface area contributed by atoms with Crippen molar-refractivity contribution >= 4 is 39.0 Å². The van der Waals surface area contributed by atoms with Crippen molar-refractivity contribution in [2.45, 2.75) is 0 Å². The van der Waals surface area contributed by atoms with Gasteiger partial charge in [-0.05, 0) is 18.2 Å². The molecule has 1 aromatic heterocycles. The summed E-state index contributed by atoms with van der Waals surface area (Å²) in [4.78, 5) is 10.8. The molecule has 0 saturated carbocycles. The lowest BCUT2D eigenvalue weighted by molar-refractivity contribution is 0.0702. The van der Waals surface area contributed by atoms with E-state index in [4.69, 9.17) is 16.7 Å². The Morgan fingerprint density at radius 1 is 1.43 bits per heavy atom. The van der Waals surface area contributed by atoms with Crippen LogP contribution in [-0.2, 0) is 0 Å². The monoisotopic (exact) mass is 230 g/mol. The topological polar surface area (TPSA) is 37.3 Å². The number of benzene rings is 1. The number of rotatable bonds is 1. The molecule has 0 spiro atoms. The molecule has 0 fully saturated rings. The number of hydrogen-bond acceptors (Lipinski definition) is 2. The summed E-state index contributed by atoms with van der Waals surface area (Å²) < 4.78 is 13.4. The highest BCUT2D eigenvalue weighted by atomic mass is 35.5. The lowest BCUT2D eigenvalue weighted by Gasteiger charge is -1.92. The smallest absolute Gasteiger partial charge is 0.345 e. The van der Waals surface area contributed by atoms with Crippen LogP contribution in [0.15, 0.2) is 18.2 Å². The van der Waals surface area contributed by atoms with E-state index < -0.39 is 11.8 Å². The minimum absolute atomic E-state index is 0.160. The van der Waals surface area contributed by atoms with E-state index in [2.05, 4.69) is 0 Å². The minimum Gasteiger partial charge on any atom is -0.477 e. The number of halogens is 2. The van der Waals surface area contributed by atoms with Crippen LogP contribution in [0.5, 0.6) is 0 Å². The summed E-state index contributed by atoms with van der Waals surface area (Å²) >= 11 is 6.76. The highest BCUT2D eigenvalue weighted by Gasteiger charge is 2.11. The maximum absolute atomic E-state index is 12.9. The number of carboxylic acid groups (broad SMARTS) is 1. The van der Waals surface area contributed by atoms with Crippen molar-refractivity contribution in [1.29, 1.82) is 0 Å². The largest absolute Gasteiger partial charge is 0.477 e. The fourth-order valence-electron chi connectivity index (χ4n) is 1.17. The van der Waals surface area contributed by atoms with Crippen molar-refractivity contribution < 1.29 is 14.3 Å². The Hall–Kier alpha value is -1.13. The molecule has 72 valence electrons. The molecule has 5 heteroatoms. The molecule has 0 unspecified atom stereocenters. The average Bonchev–Trinajstić information content (AvgIpc) is 2.47. The zero-order chi connectivity index (χ0) is 10.3. The maximum atomic E-state index is 12.9. The summed E-state index contributed by atoms with van der Waals surface area (Å²) in [5.41, 5.74) is 0. The van der Waals surface area contributed by atoms with Gasteiger partial charge in [0.15, 0.2) is 0 Å². The number of carboxylic acids is 1. The van der Waals surface area contributed by atoms with Crippen molar-refractivity contribution in [1.82, 2.24) is 0 Å². The van der Waals surface area contributed by atoms with Gasteiger partial charge in [0.2, 0.25) is 0 Å². The summed E-state index contributed by atoms with van der Waals surface area (Å²) in [6.45, 7) is 0. The van der Waals surface area contributed by atoms with E-state index in [1.54, 1.807) is 0 Å². The standard InChI is InChI=1S/C9H4ClFO2S/c10-6-1-4(11)2-7-5(6)3-8(14-7)9(12)13/h1-3H,(H,12,13). The molecule has 2 nitrogen and oxygen atoms in total. The molecule has 0 aliphatic heterocycles. The SMILES string of the molecule is O=C(O)c1cc2c(Cl)cc(F)cc2s1. The van der Waals surface area contributed by atoms with Gasteiger partial charge in [-0.3, -0.25) is 0 Å². The van der Waals surface area contributed by atoms with E-state index in [0.29, 0.717) is 10.1 Å². The highest BCUT2D eigenvalue weighted by molar-refractivity contribution is 7.20. The first-order chi connectivity index (χ1) is 6.58. The third-order valence-electron chi connectivity index (χ3n) is 1.76. The summed E-state index contributed by atoms with van der Waals surface area (Å²) in [5, 5.41) is 9.54. The van der Waals surface area contributed by atoms with Crippen LogP contribution in [0.3, 0.4) is 0 Å². The number of carbonyl (C=O) groups is 1. The molecule has 0 radical (unpaired) electrons. The van der Waals surface area contributed by atoms with Crippen LogP contribution in [0.1, 0.15) is 9.67 Å². The van der Waals surface area contributed by atoms with Crippen LogP contribution in [0, 0.1) is 5.82 Å². The molecule has 0 bridgehead atoms. The quantitative estimate of drug-likeness (QED) is 0.815. The Bertz CT molecular complexity index is 521. The van der Waals surface area contributed by atoms with E-state index in [1.807, 2.05) is 0 Å². The molecule has 0 amide bonds. The van der Waals surface area contributed by atoms with E-state index in [-0.39, 0.29) is 9.90 Å². The van der Waals surface area contributed by atoms with Gasteiger partial charge in [-0.15, -0.1) is 11.3 Å². The summed E-state index contributed by atoms with van der Waals surface area (Å²) in [7, 11) is 0. The molecular weight excluding hydrogens is 227 g/mol. The molecule has 14 heavy (non-hydrogen) atoms. The molecule has 0 atom stereocenters. The van der Waals surface area contributed by atoms with Crippen molar-refractivity contribution in [3.05, 3.63) is 33.9 Å². The van der Waals surface area contributed by atoms with Crippen molar-refractivity contribution in [3.63, 3.8) is 0 Å². The molecular formula is C9H4ClFO2S. The van der Waals surface area contributed by atoms with Crippen LogP contribution < -0.4 is 0 Å². The van der Waals surface area contributed by atoms with Crippen LogP contribution in [0.4, 0.5) is 4.39 Å². The Morgan fingerprint density at radius 3 is 2.79 bits per heavy atom. The third-order valence-corrected chi connectivity index (χ3v) is 3.15. The van der Waals surface area contributed by atoms with Crippen LogP contribution >= 0.6 is 22.9 Å². The van der Waals surface area contributed by atoms with Crippen molar-refractivity contribution in [2.75, 3.05) is 0 Å². The van der Waals surface area contributed by atoms with E-state index >= 15 is 0 Å². The van der Waals surface area contributed by atoms with Crippen LogP contribution in [0.25, 0.3) is 10.1 Å². The van der Waals surface area contributed by atoms with Crippen molar-refractivity contribution in [2.24, 2.45) is 0 Å². The third kappa shape index (κ3) is 1.47. The van der Waals surface area contributed by atoms with Gasteiger partial charge in [0.1, 0.15) is 10.7 Å². The summed E-state index contributed by atoms with van der Waals surface area (Å²) in [6.07, 6.45) is 0. The van der Waals surface area contributed by atoms with Crippen molar-refractivity contribution in [3.8, 4) is 0 Å². The molecule has 0 aliphatic carbocycles. The molecule has 2 rings (SSSR count). The minimum atomic E-state index is -1.03. The first kappa shape index (κ1) is 9.43. The second kappa shape index (κ2) is 3.22. The predicted molar refractivity (Wildman–Crippen MR) is 53.8 cm³/mol. The second-order valence-electron chi connectivity index (χ2n) is 2.72. The Kier molecular flexibility index (Phi) is 2.17. The van der Waals surface area contributed by atoms with E-state index in [9.17, 15) is 9.18 Å². The van der Waals surface area contributed by atoms with Crippen LogP contribution in [0.2, 0.25) is 5.02 Å². The molecule has 1 N–H and O–H groups in total. The van der Waals surface area contributed by atoms with Gasteiger partial charge >= 0.3 is 5.97 Å².